The van der Waals surface area contributed by atoms with Gasteiger partial charge >= 0.3 is 0 Å². The van der Waals surface area contributed by atoms with Gasteiger partial charge in [-0.3, -0.25) is 0 Å². The molecule has 0 spiro atoms. The first-order valence-electron chi connectivity index (χ1n) is 4.62. The number of likely N-dealkylation sites (N-methyl/N-ethyl adjacent to an activating group) is 1. The summed E-state index contributed by atoms with van der Waals surface area (Å²) in [4.78, 5) is 6.28. The highest BCUT2D eigenvalue weighted by Crippen LogP contribution is 2.24. The Labute approximate surface area is 84.7 Å². The summed E-state index contributed by atoms with van der Waals surface area (Å²) in [5, 5.41) is 0. The van der Waals surface area contributed by atoms with E-state index in [1.165, 1.54) is 0 Å². The second-order valence-corrected chi connectivity index (χ2v) is 3.22. The number of aromatic nitrogens is 1. The highest BCUT2D eigenvalue weighted by atomic mass is 16.5. The van der Waals surface area contributed by atoms with Crippen molar-refractivity contribution in [1.82, 2.24) is 4.98 Å². The Bertz CT molecular complexity index is 290. The van der Waals surface area contributed by atoms with Gasteiger partial charge in [0.1, 0.15) is 0 Å². The van der Waals surface area contributed by atoms with Gasteiger partial charge < -0.3 is 15.4 Å². The molecule has 2 N–H and O–H groups in total. The van der Waals surface area contributed by atoms with E-state index in [2.05, 4.69) is 4.98 Å². The third-order valence-corrected chi connectivity index (χ3v) is 2.31. The van der Waals surface area contributed by atoms with Gasteiger partial charge in [-0.25, -0.2) is 4.98 Å². The van der Waals surface area contributed by atoms with Gasteiger partial charge in [0.2, 0.25) is 0 Å². The smallest absolute Gasteiger partial charge is 0.171 e. The van der Waals surface area contributed by atoms with Crippen molar-refractivity contribution in [2.75, 3.05) is 25.6 Å². The van der Waals surface area contributed by atoms with Crippen molar-refractivity contribution in [2.24, 2.45) is 5.73 Å². The highest BCUT2D eigenvalue weighted by Gasteiger charge is 2.13. The van der Waals surface area contributed by atoms with E-state index in [9.17, 15) is 0 Å². The number of ether oxygens (including phenoxy) is 1. The SMILES string of the molecule is COc1cccnc1N(C)C(C)CN. The molecule has 0 fully saturated rings. The number of anilines is 1. The molecule has 0 aromatic carbocycles. The van der Waals surface area contributed by atoms with Crippen LogP contribution in [0.2, 0.25) is 0 Å². The standard InChI is InChI=1S/C10H17N3O/c1-8(7-11)13(2)10-9(14-3)5-4-6-12-10/h4-6,8H,7,11H2,1-3H3. The summed E-state index contributed by atoms with van der Waals surface area (Å²) in [5.74, 6) is 1.60. The molecule has 1 rings (SSSR count). The lowest BCUT2D eigenvalue weighted by atomic mass is 10.3. The van der Waals surface area contributed by atoms with Gasteiger partial charge in [0.25, 0.3) is 0 Å². The summed E-state index contributed by atoms with van der Waals surface area (Å²) in [6.07, 6.45) is 1.75. The third-order valence-electron chi connectivity index (χ3n) is 2.31. The summed E-state index contributed by atoms with van der Waals surface area (Å²) in [6.45, 7) is 2.64. The van der Waals surface area contributed by atoms with Crippen molar-refractivity contribution in [1.29, 1.82) is 0 Å². The second-order valence-electron chi connectivity index (χ2n) is 3.22. The maximum atomic E-state index is 5.59. The third kappa shape index (κ3) is 2.14. The number of nitrogens with zero attached hydrogens (tertiary/aromatic N) is 2. The van der Waals surface area contributed by atoms with Crippen LogP contribution in [0.5, 0.6) is 5.75 Å². The van der Waals surface area contributed by atoms with Crippen LogP contribution < -0.4 is 15.4 Å². The van der Waals surface area contributed by atoms with Gasteiger partial charge in [0, 0.05) is 25.8 Å². The second kappa shape index (κ2) is 4.81. The van der Waals surface area contributed by atoms with Crippen LogP contribution in [-0.4, -0.2) is 31.7 Å². The molecular weight excluding hydrogens is 178 g/mol. The van der Waals surface area contributed by atoms with Gasteiger partial charge in [0.15, 0.2) is 11.6 Å². The Hall–Kier alpha value is -1.29. The normalized spacial score (nSPS) is 12.3. The summed E-state index contributed by atoms with van der Waals surface area (Å²) < 4.78 is 5.22. The molecule has 1 heterocycles. The topological polar surface area (TPSA) is 51.4 Å². The van der Waals surface area contributed by atoms with E-state index in [1.54, 1.807) is 13.3 Å². The number of hydrogen-bond donors (Lipinski definition) is 1. The zero-order valence-corrected chi connectivity index (χ0v) is 8.90. The molecule has 14 heavy (non-hydrogen) atoms. The Morgan fingerprint density at radius 3 is 2.93 bits per heavy atom. The predicted octanol–water partition coefficient (Wildman–Crippen LogP) is 0.874. The molecule has 0 aliphatic rings. The summed E-state index contributed by atoms with van der Waals surface area (Å²) in [6, 6.07) is 3.99. The summed E-state index contributed by atoms with van der Waals surface area (Å²) in [7, 11) is 3.60. The molecule has 0 bridgehead atoms. The van der Waals surface area contributed by atoms with E-state index in [4.69, 9.17) is 10.5 Å². The first-order valence-corrected chi connectivity index (χ1v) is 4.62. The van der Waals surface area contributed by atoms with Gasteiger partial charge in [-0.15, -0.1) is 0 Å². The lowest BCUT2D eigenvalue weighted by Crippen LogP contribution is -2.35. The molecule has 0 saturated heterocycles. The Morgan fingerprint density at radius 2 is 2.36 bits per heavy atom. The zero-order chi connectivity index (χ0) is 10.6. The molecular formula is C10H17N3O. The molecule has 1 unspecified atom stereocenters. The highest BCUT2D eigenvalue weighted by molar-refractivity contribution is 5.52. The monoisotopic (exact) mass is 195 g/mol. The Kier molecular flexibility index (Phi) is 3.71. The average Bonchev–Trinajstić information content (AvgIpc) is 2.26. The van der Waals surface area contributed by atoms with Crippen molar-refractivity contribution in [3.63, 3.8) is 0 Å². The molecule has 0 saturated carbocycles. The fourth-order valence-corrected chi connectivity index (χ4v) is 1.17. The molecule has 1 atom stereocenters. The summed E-state index contributed by atoms with van der Waals surface area (Å²) in [5.41, 5.74) is 5.59. The largest absolute Gasteiger partial charge is 0.493 e. The molecule has 1 aromatic rings. The maximum Gasteiger partial charge on any atom is 0.171 e. The minimum absolute atomic E-state index is 0.249. The van der Waals surface area contributed by atoms with Crippen LogP contribution in [0.25, 0.3) is 0 Å². The van der Waals surface area contributed by atoms with E-state index >= 15 is 0 Å². The van der Waals surface area contributed by atoms with Crippen molar-refractivity contribution in [3.8, 4) is 5.75 Å². The van der Waals surface area contributed by atoms with Crippen LogP contribution in [0.4, 0.5) is 5.82 Å². The molecule has 0 amide bonds. The van der Waals surface area contributed by atoms with Crippen LogP contribution in [0.1, 0.15) is 6.92 Å². The van der Waals surface area contributed by atoms with E-state index in [0.717, 1.165) is 11.6 Å². The van der Waals surface area contributed by atoms with Crippen LogP contribution >= 0.6 is 0 Å². The molecule has 4 heteroatoms. The van der Waals surface area contributed by atoms with Gasteiger partial charge in [0.05, 0.1) is 7.11 Å². The van der Waals surface area contributed by atoms with Crippen molar-refractivity contribution >= 4 is 5.82 Å². The Balaban J connectivity index is 2.93. The number of hydrogen-bond acceptors (Lipinski definition) is 4. The van der Waals surface area contributed by atoms with Crippen LogP contribution in [0.15, 0.2) is 18.3 Å². The molecule has 0 aliphatic heterocycles. The predicted molar refractivity (Wildman–Crippen MR) is 57.7 cm³/mol. The minimum Gasteiger partial charge on any atom is -0.493 e. The molecule has 4 nitrogen and oxygen atoms in total. The number of rotatable bonds is 4. The fourth-order valence-electron chi connectivity index (χ4n) is 1.17. The quantitative estimate of drug-likeness (QED) is 0.774. The minimum atomic E-state index is 0.249. The Morgan fingerprint density at radius 1 is 1.64 bits per heavy atom. The molecule has 0 aliphatic carbocycles. The number of nitrogens with two attached hydrogens (primary N) is 1. The first kappa shape index (κ1) is 10.8. The molecule has 1 aromatic heterocycles. The first-order chi connectivity index (χ1) is 6.70. The number of methoxy groups -OCH3 is 1. The van der Waals surface area contributed by atoms with Crippen LogP contribution in [0.3, 0.4) is 0 Å². The van der Waals surface area contributed by atoms with E-state index in [1.807, 2.05) is 31.0 Å². The number of pyridine rings is 1. The lowest BCUT2D eigenvalue weighted by Gasteiger charge is -2.25. The van der Waals surface area contributed by atoms with Gasteiger partial charge in [-0.05, 0) is 19.1 Å². The van der Waals surface area contributed by atoms with Gasteiger partial charge in [-0.1, -0.05) is 0 Å². The summed E-state index contributed by atoms with van der Waals surface area (Å²) >= 11 is 0. The average molecular weight is 195 g/mol. The molecule has 0 radical (unpaired) electrons. The maximum absolute atomic E-state index is 5.59. The lowest BCUT2D eigenvalue weighted by molar-refractivity contribution is 0.412. The van der Waals surface area contributed by atoms with E-state index in [-0.39, 0.29) is 6.04 Å². The van der Waals surface area contributed by atoms with Crippen LogP contribution in [-0.2, 0) is 0 Å². The zero-order valence-electron chi connectivity index (χ0n) is 8.90. The van der Waals surface area contributed by atoms with Crippen molar-refractivity contribution in [2.45, 2.75) is 13.0 Å². The van der Waals surface area contributed by atoms with E-state index < -0.39 is 0 Å². The molecule has 78 valence electrons. The van der Waals surface area contributed by atoms with Gasteiger partial charge in [-0.2, -0.15) is 0 Å². The van der Waals surface area contributed by atoms with Crippen molar-refractivity contribution in [3.05, 3.63) is 18.3 Å². The van der Waals surface area contributed by atoms with Crippen molar-refractivity contribution < 1.29 is 4.74 Å². The fraction of sp³-hybridized carbons (Fsp3) is 0.500. The van der Waals surface area contributed by atoms with Crippen LogP contribution in [0, 0.1) is 0 Å². The van der Waals surface area contributed by atoms with E-state index in [0.29, 0.717) is 6.54 Å².